The first kappa shape index (κ1) is 16.1. The third-order valence-electron chi connectivity index (χ3n) is 4.22. The standard InChI is InChI=1S/C21H18N2O3/c1-3-25-18-11-7-6-10-17(18)23-21(24)19-12-15-13(2)22-16-9-5-4-8-14(16)20(15)26-19/h4-12H,3H2,1-2H3,(H,23,24). The number of furan rings is 1. The van der Waals surface area contributed by atoms with E-state index in [-0.39, 0.29) is 11.7 Å². The number of rotatable bonds is 4. The van der Waals surface area contributed by atoms with E-state index in [4.69, 9.17) is 9.15 Å². The Kier molecular flexibility index (Phi) is 4.05. The lowest BCUT2D eigenvalue weighted by Crippen LogP contribution is -2.12. The van der Waals surface area contributed by atoms with Gasteiger partial charge in [0.25, 0.3) is 5.91 Å². The van der Waals surface area contributed by atoms with E-state index in [1.807, 2.05) is 56.3 Å². The van der Waals surface area contributed by atoms with Gasteiger partial charge in [-0.05, 0) is 44.2 Å². The molecule has 2 aromatic carbocycles. The number of pyridine rings is 1. The molecule has 0 aliphatic heterocycles. The molecule has 2 aromatic heterocycles. The van der Waals surface area contributed by atoms with Crippen molar-refractivity contribution in [3.05, 3.63) is 66.1 Å². The Balaban J connectivity index is 1.74. The van der Waals surface area contributed by atoms with E-state index in [2.05, 4.69) is 10.3 Å². The third kappa shape index (κ3) is 2.77. The van der Waals surface area contributed by atoms with Crippen LogP contribution in [0.1, 0.15) is 23.2 Å². The minimum absolute atomic E-state index is 0.243. The van der Waals surface area contributed by atoms with Crippen LogP contribution in [0.3, 0.4) is 0 Å². The highest BCUT2D eigenvalue weighted by atomic mass is 16.5. The number of carbonyl (C=O) groups excluding carboxylic acids is 1. The highest BCUT2D eigenvalue weighted by Gasteiger charge is 2.17. The average Bonchev–Trinajstić information content (AvgIpc) is 3.10. The third-order valence-corrected chi connectivity index (χ3v) is 4.22. The summed E-state index contributed by atoms with van der Waals surface area (Å²) >= 11 is 0. The number of benzene rings is 2. The second-order valence-corrected chi connectivity index (χ2v) is 5.95. The van der Waals surface area contributed by atoms with Crippen LogP contribution in [-0.2, 0) is 0 Å². The summed E-state index contributed by atoms with van der Waals surface area (Å²) in [6, 6.07) is 16.8. The van der Waals surface area contributed by atoms with E-state index in [1.54, 1.807) is 12.1 Å². The second kappa shape index (κ2) is 6.52. The highest BCUT2D eigenvalue weighted by molar-refractivity contribution is 6.09. The van der Waals surface area contributed by atoms with Crippen LogP contribution in [0.15, 0.2) is 59.0 Å². The van der Waals surface area contributed by atoms with Gasteiger partial charge in [0, 0.05) is 16.5 Å². The number of nitrogens with one attached hydrogen (secondary N) is 1. The Labute approximate surface area is 150 Å². The normalized spacial score (nSPS) is 11.0. The molecule has 0 saturated heterocycles. The Morgan fingerprint density at radius 3 is 2.73 bits per heavy atom. The molecule has 0 spiro atoms. The number of amides is 1. The molecule has 0 radical (unpaired) electrons. The predicted octanol–water partition coefficient (Wildman–Crippen LogP) is 4.94. The first-order valence-electron chi connectivity index (χ1n) is 8.49. The molecule has 130 valence electrons. The van der Waals surface area contributed by atoms with E-state index in [0.717, 1.165) is 22.0 Å². The van der Waals surface area contributed by atoms with Crippen molar-refractivity contribution in [2.45, 2.75) is 13.8 Å². The summed E-state index contributed by atoms with van der Waals surface area (Å²) in [6.45, 7) is 4.34. The van der Waals surface area contributed by atoms with E-state index < -0.39 is 0 Å². The van der Waals surface area contributed by atoms with Gasteiger partial charge in [-0.15, -0.1) is 0 Å². The van der Waals surface area contributed by atoms with E-state index >= 15 is 0 Å². The molecule has 5 nitrogen and oxygen atoms in total. The molecule has 2 heterocycles. The summed E-state index contributed by atoms with van der Waals surface area (Å²) in [6.07, 6.45) is 0. The number of fused-ring (bicyclic) bond motifs is 3. The number of aryl methyl sites for hydroxylation is 1. The summed E-state index contributed by atoms with van der Waals surface area (Å²) < 4.78 is 11.5. The number of carbonyl (C=O) groups is 1. The molecule has 0 atom stereocenters. The molecular formula is C21H18N2O3. The van der Waals surface area contributed by atoms with Gasteiger partial charge in [0.05, 0.1) is 17.8 Å². The maximum atomic E-state index is 12.7. The van der Waals surface area contributed by atoms with Gasteiger partial charge in [0.2, 0.25) is 0 Å². The summed E-state index contributed by atoms with van der Waals surface area (Å²) in [5.41, 5.74) is 2.97. The zero-order chi connectivity index (χ0) is 18.1. The number of hydrogen-bond acceptors (Lipinski definition) is 4. The SMILES string of the molecule is CCOc1ccccc1NC(=O)c1cc2c(C)nc3ccccc3c2o1. The minimum atomic E-state index is -0.322. The monoisotopic (exact) mass is 346 g/mol. The highest BCUT2D eigenvalue weighted by Crippen LogP contribution is 2.30. The Bertz CT molecular complexity index is 1110. The predicted molar refractivity (Wildman–Crippen MR) is 102 cm³/mol. The van der Waals surface area contributed by atoms with Crippen LogP contribution < -0.4 is 10.1 Å². The van der Waals surface area contributed by atoms with E-state index in [1.165, 1.54) is 0 Å². The van der Waals surface area contributed by atoms with Crippen molar-refractivity contribution in [1.29, 1.82) is 0 Å². The fraction of sp³-hybridized carbons (Fsp3) is 0.143. The fourth-order valence-corrected chi connectivity index (χ4v) is 3.01. The van der Waals surface area contributed by atoms with Crippen LogP contribution in [0, 0.1) is 6.92 Å². The van der Waals surface area contributed by atoms with Gasteiger partial charge in [0.15, 0.2) is 5.76 Å². The largest absolute Gasteiger partial charge is 0.492 e. The molecule has 0 aliphatic carbocycles. The number of ether oxygens (including phenoxy) is 1. The summed E-state index contributed by atoms with van der Waals surface area (Å²) in [5.74, 6) is 0.548. The molecule has 1 amide bonds. The quantitative estimate of drug-likeness (QED) is 0.568. The van der Waals surface area contributed by atoms with Gasteiger partial charge in [-0.25, -0.2) is 0 Å². The first-order valence-corrected chi connectivity index (χ1v) is 8.49. The molecule has 26 heavy (non-hydrogen) atoms. The lowest BCUT2D eigenvalue weighted by atomic mass is 10.1. The Hall–Kier alpha value is -3.34. The first-order chi connectivity index (χ1) is 12.7. The molecule has 0 aliphatic rings. The summed E-state index contributed by atoms with van der Waals surface area (Å²) in [7, 11) is 0. The van der Waals surface area contributed by atoms with Crippen LogP contribution in [0.2, 0.25) is 0 Å². The number of aromatic nitrogens is 1. The van der Waals surface area contributed by atoms with Gasteiger partial charge in [-0.1, -0.05) is 24.3 Å². The molecule has 0 saturated carbocycles. The van der Waals surface area contributed by atoms with Crippen molar-refractivity contribution >= 4 is 33.5 Å². The van der Waals surface area contributed by atoms with Crippen LogP contribution in [0.5, 0.6) is 5.75 Å². The molecule has 4 rings (SSSR count). The molecular weight excluding hydrogens is 328 g/mol. The van der Waals surface area contributed by atoms with Crippen molar-refractivity contribution in [3.8, 4) is 5.75 Å². The lowest BCUT2D eigenvalue weighted by Gasteiger charge is -2.10. The minimum Gasteiger partial charge on any atom is -0.492 e. The number of nitrogens with zero attached hydrogens (tertiary/aromatic N) is 1. The van der Waals surface area contributed by atoms with E-state index in [0.29, 0.717) is 23.6 Å². The van der Waals surface area contributed by atoms with Crippen molar-refractivity contribution in [2.75, 3.05) is 11.9 Å². The van der Waals surface area contributed by atoms with Crippen LogP contribution in [-0.4, -0.2) is 17.5 Å². The fourth-order valence-electron chi connectivity index (χ4n) is 3.01. The van der Waals surface area contributed by atoms with Gasteiger partial charge >= 0.3 is 0 Å². The van der Waals surface area contributed by atoms with Crippen molar-refractivity contribution < 1.29 is 13.9 Å². The van der Waals surface area contributed by atoms with Crippen molar-refractivity contribution in [3.63, 3.8) is 0 Å². The van der Waals surface area contributed by atoms with Crippen molar-refractivity contribution in [2.24, 2.45) is 0 Å². The maximum Gasteiger partial charge on any atom is 0.291 e. The number of para-hydroxylation sites is 3. The number of anilines is 1. The zero-order valence-corrected chi connectivity index (χ0v) is 14.6. The topological polar surface area (TPSA) is 64.4 Å². The Morgan fingerprint density at radius 2 is 1.88 bits per heavy atom. The maximum absolute atomic E-state index is 12.7. The zero-order valence-electron chi connectivity index (χ0n) is 14.6. The van der Waals surface area contributed by atoms with Crippen LogP contribution in [0.4, 0.5) is 5.69 Å². The van der Waals surface area contributed by atoms with Gasteiger partial charge in [0.1, 0.15) is 11.3 Å². The van der Waals surface area contributed by atoms with Crippen LogP contribution in [0.25, 0.3) is 21.9 Å². The molecule has 0 fully saturated rings. The average molecular weight is 346 g/mol. The van der Waals surface area contributed by atoms with E-state index in [9.17, 15) is 4.79 Å². The lowest BCUT2D eigenvalue weighted by molar-refractivity contribution is 0.0998. The van der Waals surface area contributed by atoms with Crippen LogP contribution >= 0.6 is 0 Å². The Morgan fingerprint density at radius 1 is 1.12 bits per heavy atom. The van der Waals surface area contributed by atoms with Crippen molar-refractivity contribution in [1.82, 2.24) is 4.98 Å². The van der Waals surface area contributed by atoms with Gasteiger partial charge in [-0.2, -0.15) is 0 Å². The van der Waals surface area contributed by atoms with Gasteiger partial charge in [-0.3, -0.25) is 9.78 Å². The summed E-state index contributed by atoms with van der Waals surface area (Å²) in [4.78, 5) is 17.3. The molecule has 0 unspecified atom stereocenters. The second-order valence-electron chi connectivity index (χ2n) is 5.95. The summed E-state index contributed by atoms with van der Waals surface area (Å²) in [5, 5.41) is 4.59. The van der Waals surface area contributed by atoms with Gasteiger partial charge < -0.3 is 14.5 Å². The number of hydrogen-bond donors (Lipinski definition) is 1. The molecule has 4 aromatic rings. The molecule has 5 heteroatoms. The molecule has 1 N–H and O–H groups in total. The molecule has 0 bridgehead atoms. The smallest absolute Gasteiger partial charge is 0.291 e.